The van der Waals surface area contributed by atoms with Crippen LogP contribution in [0.2, 0.25) is 0 Å². The van der Waals surface area contributed by atoms with E-state index >= 15 is 0 Å². The number of ketones is 2. The number of phenolic OH excluding ortho intramolecular Hbond substituents is 1. The first-order valence-electron chi connectivity index (χ1n) is 6.51. The van der Waals surface area contributed by atoms with Gasteiger partial charge < -0.3 is 20.1 Å². The van der Waals surface area contributed by atoms with Gasteiger partial charge in [0.15, 0.2) is 11.4 Å². The number of hydrogen-bond acceptors (Lipinski definition) is 6. The van der Waals surface area contributed by atoms with Gasteiger partial charge in [-0.2, -0.15) is 0 Å². The molecule has 0 saturated heterocycles. The second-order valence-electron chi connectivity index (χ2n) is 5.20. The number of aliphatic hydroxyl groups is 2. The lowest BCUT2D eigenvalue weighted by molar-refractivity contribution is -0.144. The molecule has 0 aliphatic heterocycles. The van der Waals surface area contributed by atoms with Crippen molar-refractivity contribution in [3.8, 4) is 11.5 Å². The largest absolute Gasteiger partial charge is 0.507 e. The first kappa shape index (κ1) is 15.8. The van der Waals surface area contributed by atoms with E-state index in [1.54, 1.807) is 0 Å². The summed E-state index contributed by atoms with van der Waals surface area (Å²) < 4.78 is 4.94. The molecule has 3 N–H and O–H groups in total. The minimum Gasteiger partial charge on any atom is -0.507 e. The number of methoxy groups -OCH3 is 1. The molecule has 6 heteroatoms. The highest BCUT2D eigenvalue weighted by Crippen LogP contribution is 2.35. The van der Waals surface area contributed by atoms with Crippen molar-refractivity contribution in [2.75, 3.05) is 7.11 Å². The molecule has 1 aliphatic carbocycles. The maximum Gasteiger partial charge on any atom is 0.206 e. The van der Waals surface area contributed by atoms with Crippen molar-refractivity contribution in [2.45, 2.75) is 19.4 Å². The van der Waals surface area contributed by atoms with Crippen LogP contribution in [0.4, 0.5) is 0 Å². The number of ether oxygens (including phenoxy) is 1. The second-order valence-corrected chi connectivity index (χ2v) is 5.20. The lowest BCUT2D eigenvalue weighted by Crippen LogP contribution is -2.46. The maximum absolute atomic E-state index is 12.3. The van der Waals surface area contributed by atoms with Crippen LogP contribution in [0, 0.1) is 0 Å². The summed E-state index contributed by atoms with van der Waals surface area (Å²) in [4.78, 5) is 24.0. The minimum atomic E-state index is -2.23. The highest BCUT2D eigenvalue weighted by atomic mass is 16.5. The topological polar surface area (TPSA) is 104 Å². The van der Waals surface area contributed by atoms with Gasteiger partial charge >= 0.3 is 0 Å². The highest BCUT2D eigenvalue weighted by molar-refractivity contribution is 6.26. The predicted molar refractivity (Wildman–Crippen MR) is 78.6 cm³/mol. The molecule has 116 valence electrons. The van der Waals surface area contributed by atoms with Crippen molar-refractivity contribution in [1.29, 1.82) is 0 Å². The van der Waals surface area contributed by atoms with E-state index in [1.807, 2.05) is 0 Å². The van der Waals surface area contributed by atoms with Gasteiger partial charge in [-0.15, -0.1) is 0 Å². The zero-order chi connectivity index (χ0) is 16.7. The number of carbonyl (C=O) groups excluding carboxylic acids is 2. The molecule has 0 saturated carbocycles. The molecule has 0 amide bonds. The van der Waals surface area contributed by atoms with Gasteiger partial charge in [0.05, 0.1) is 18.2 Å². The fourth-order valence-electron chi connectivity index (χ4n) is 2.21. The van der Waals surface area contributed by atoms with Crippen LogP contribution in [-0.4, -0.2) is 39.6 Å². The van der Waals surface area contributed by atoms with E-state index in [9.17, 15) is 24.9 Å². The molecule has 22 heavy (non-hydrogen) atoms. The average Bonchev–Trinajstić information content (AvgIpc) is 2.45. The highest BCUT2D eigenvalue weighted by Gasteiger charge is 2.44. The van der Waals surface area contributed by atoms with Gasteiger partial charge in [-0.05, 0) is 37.6 Å². The van der Waals surface area contributed by atoms with Gasteiger partial charge in [-0.25, -0.2) is 0 Å². The van der Waals surface area contributed by atoms with Gasteiger partial charge in [-0.3, -0.25) is 9.59 Å². The summed E-state index contributed by atoms with van der Waals surface area (Å²) in [5.41, 5.74) is -2.22. The van der Waals surface area contributed by atoms with Crippen molar-refractivity contribution in [1.82, 2.24) is 0 Å². The first-order chi connectivity index (χ1) is 10.2. The number of aliphatic hydroxyl groups excluding tert-OH is 1. The molecule has 1 aliphatic rings. The fraction of sp³-hybridized carbons (Fsp3) is 0.250. The predicted octanol–water partition coefficient (Wildman–Crippen LogP) is 1.52. The quantitative estimate of drug-likeness (QED) is 0.435. The van der Waals surface area contributed by atoms with Crippen LogP contribution in [-0.2, 0) is 9.59 Å². The molecule has 1 unspecified atom stereocenters. The molecule has 6 nitrogen and oxygen atoms in total. The third kappa shape index (κ3) is 2.37. The van der Waals surface area contributed by atoms with Crippen molar-refractivity contribution in [3.05, 3.63) is 41.0 Å². The Hall–Kier alpha value is -2.60. The van der Waals surface area contributed by atoms with E-state index < -0.39 is 22.9 Å². The Labute approximate surface area is 127 Å². The second kappa shape index (κ2) is 5.31. The summed E-state index contributed by atoms with van der Waals surface area (Å²) >= 11 is 0. The maximum atomic E-state index is 12.3. The van der Waals surface area contributed by atoms with Crippen LogP contribution in [0.25, 0.3) is 5.76 Å². The molecular formula is C16H16O6. The average molecular weight is 304 g/mol. The van der Waals surface area contributed by atoms with E-state index in [1.165, 1.54) is 32.2 Å². The standard InChI is InChI=1S/C16H16O6/c1-8-6-12(18)16(2,21)15(20)13(8)14(19)10-5-4-9(22-3)7-11(10)17/h4-7,17,19,21H,1-3H3. The smallest absolute Gasteiger partial charge is 0.206 e. The summed E-state index contributed by atoms with van der Waals surface area (Å²) in [6.45, 7) is 2.54. The number of allylic oxidation sites excluding steroid dienone is 1. The van der Waals surface area contributed by atoms with Crippen LogP contribution in [0.1, 0.15) is 19.4 Å². The van der Waals surface area contributed by atoms with Gasteiger partial charge in [0.2, 0.25) is 5.78 Å². The van der Waals surface area contributed by atoms with Crippen molar-refractivity contribution < 1.29 is 29.6 Å². The van der Waals surface area contributed by atoms with E-state index in [0.717, 1.165) is 13.0 Å². The summed E-state index contributed by atoms with van der Waals surface area (Å²) in [7, 11) is 1.42. The summed E-state index contributed by atoms with van der Waals surface area (Å²) in [5.74, 6) is -2.08. The molecule has 0 radical (unpaired) electrons. The van der Waals surface area contributed by atoms with Gasteiger partial charge in [0.1, 0.15) is 17.3 Å². The van der Waals surface area contributed by atoms with Gasteiger partial charge in [0, 0.05) is 6.07 Å². The number of benzene rings is 1. The molecule has 0 aromatic heterocycles. The SMILES string of the molecule is COc1ccc(C(O)=C2C(=O)C(C)(O)C(=O)C=C2C)c(O)c1. The number of hydrogen-bond donors (Lipinski definition) is 3. The molecule has 0 bridgehead atoms. The number of Topliss-reactive ketones (excluding diaryl/α,β-unsaturated/α-hetero) is 1. The monoisotopic (exact) mass is 304 g/mol. The van der Waals surface area contributed by atoms with E-state index in [0.29, 0.717) is 5.75 Å². The van der Waals surface area contributed by atoms with Crippen LogP contribution in [0.5, 0.6) is 11.5 Å². The lowest BCUT2D eigenvalue weighted by atomic mass is 9.80. The van der Waals surface area contributed by atoms with E-state index in [4.69, 9.17) is 4.74 Å². The van der Waals surface area contributed by atoms with Gasteiger partial charge in [-0.1, -0.05) is 0 Å². The number of carbonyl (C=O) groups is 2. The zero-order valence-corrected chi connectivity index (χ0v) is 12.4. The van der Waals surface area contributed by atoms with Crippen LogP contribution < -0.4 is 4.74 Å². The molecule has 1 atom stereocenters. The summed E-state index contributed by atoms with van der Waals surface area (Å²) in [6.07, 6.45) is 1.09. The summed E-state index contributed by atoms with van der Waals surface area (Å²) in [6, 6.07) is 4.16. The molecular weight excluding hydrogens is 288 g/mol. The Morgan fingerprint density at radius 2 is 1.91 bits per heavy atom. The Kier molecular flexibility index (Phi) is 3.81. The molecule has 0 spiro atoms. The van der Waals surface area contributed by atoms with E-state index in [-0.39, 0.29) is 22.5 Å². The third-order valence-electron chi connectivity index (χ3n) is 3.59. The minimum absolute atomic E-state index is 0.00190. The Bertz CT molecular complexity index is 724. The Balaban J connectivity index is 2.65. The van der Waals surface area contributed by atoms with Crippen molar-refractivity contribution in [3.63, 3.8) is 0 Å². The molecule has 2 rings (SSSR count). The zero-order valence-electron chi connectivity index (χ0n) is 12.4. The summed E-state index contributed by atoms with van der Waals surface area (Å²) in [5, 5.41) is 30.3. The van der Waals surface area contributed by atoms with E-state index in [2.05, 4.69) is 0 Å². The Morgan fingerprint density at radius 3 is 2.45 bits per heavy atom. The molecule has 0 fully saturated rings. The van der Waals surface area contributed by atoms with Crippen LogP contribution >= 0.6 is 0 Å². The Morgan fingerprint density at radius 1 is 1.27 bits per heavy atom. The van der Waals surface area contributed by atoms with Crippen molar-refractivity contribution >= 4 is 17.3 Å². The number of aromatic hydroxyl groups is 1. The van der Waals surface area contributed by atoms with Crippen LogP contribution in [0.15, 0.2) is 35.4 Å². The first-order valence-corrected chi connectivity index (χ1v) is 6.51. The van der Waals surface area contributed by atoms with Crippen LogP contribution in [0.3, 0.4) is 0 Å². The molecule has 1 aromatic rings. The van der Waals surface area contributed by atoms with Crippen molar-refractivity contribution in [2.24, 2.45) is 0 Å². The molecule has 1 aromatic carbocycles. The van der Waals surface area contributed by atoms with Gasteiger partial charge in [0.25, 0.3) is 0 Å². The third-order valence-corrected chi connectivity index (χ3v) is 3.59. The fourth-order valence-corrected chi connectivity index (χ4v) is 2.21. The molecule has 0 heterocycles. The number of phenols is 1. The normalized spacial score (nSPS) is 24.1. The number of rotatable bonds is 2. The lowest BCUT2D eigenvalue weighted by Gasteiger charge is -2.26.